The van der Waals surface area contributed by atoms with Crippen molar-refractivity contribution in [2.24, 2.45) is 10.9 Å². The number of allylic oxidation sites excluding steroid dienone is 1. The molecule has 1 saturated heterocycles. The van der Waals surface area contributed by atoms with Crippen molar-refractivity contribution in [2.45, 2.75) is 69.6 Å². The molecule has 1 aromatic carbocycles. The minimum atomic E-state index is -4.89. The molecule has 1 saturated carbocycles. The summed E-state index contributed by atoms with van der Waals surface area (Å²) in [5.74, 6) is 0.533. The number of thioether (sulfide) groups is 1. The molecule has 5 nitrogen and oxygen atoms in total. The van der Waals surface area contributed by atoms with Crippen LogP contribution in [0.2, 0.25) is 0 Å². The maximum Gasteiger partial charge on any atom is 0.416 e. The molecule has 2 heterocycles. The lowest BCUT2D eigenvalue weighted by molar-refractivity contribution is -0.143. The first-order valence-corrected chi connectivity index (χ1v) is 12.7. The van der Waals surface area contributed by atoms with Crippen LogP contribution in [0.5, 0.6) is 0 Å². The Hall–Kier alpha value is -2.05. The van der Waals surface area contributed by atoms with Crippen molar-refractivity contribution >= 4 is 22.8 Å². The number of aliphatic imine (C=N–C) groups is 1. The van der Waals surface area contributed by atoms with E-state index in [1.807, 2.05) is 6.08 Å². The minimum absolute atomic E-state index is 0.0765. The van der Waals surface area contributed by atoms with E-state index < -0.39 is 29.6 Å². The van der Waals surface area contributed by atoms with E-state index in [1.54, 1.807) is 4.90 Å². The third kappa shape index (κ3) is 6.63. The Morgan fingerprint density at radius 2 is 1.75 bits per heavy atom. The number of amidine groups is 1. The largest absolute Gasteiger partial charge is 0.416 e. The lowest BCUT2D eigenvalue weighted by Gasteiger charge is -2.32. The Kier molecular flexibility index (Phi) is 8.06. The number of alkyl halides is 6. The van der Waals surface area contributed by atoms with Crippen molar-refractivity contribution in [3.8, 4) is 0 Å². The number of hydrogen-bond donors (Lipinski definition) is 2. The molecule has 4 rings (SSSR count). The number of benzene rings is 1. The number of halogens is 6. The number of likely N-dealkylation sites (tertiary alicyclic amines) is 1. The van der Waals surface area contributed by atoms with E-state index in [0.29, 0.717) is 49.2 Å². The molecule has 2 aliphatic heterocycles. The molecule has 12 heteroatoms. The zero-order chi connectivity index (χ0) is 26.1. The quantitative estimate of drug-likeness (QED) is 0.465. The summed E-state index contributed by atoms with van der Waals surface area (Å²) in [6.45, 7) is 0.830. The van der Waals surface area contributed by atoms with Crippen molar-refractivity contribution in [1.29, 1.82) is 0 Å². The van der Waals surface area contributed by atoms with Crippen LogP contribution < -0.4 is 5.32 Å². The Bertz CT molecular complexity index is 1030. The first kappa shape index (κ1) is 27.0. The fraction of sp³-hybridized carbons (Fsp3) is 0.583. The Labute approximate surface area is 209 Å². The van der Waals surface area contributed by atoms with Crippen LogP contribution in [0, 0.1) is 5.92 Å². The number of nitrogens with one attached hydrogen (secondary N) is 1. The first-order valence-electron chi connectivity index (χ1n) is 11.9. The predicted molar refractivity (Wildman–Crippen MR) is 124 cm³/mol. The molecular weight excluding hydrogens is 508 g/mol. The zero-order valence-electron chi connectivity index (χ0n) is 19.3. The highest BCUT2D eigenvalue weighted by Crippen LogP contribution is 2.38. The summed E-state index contributed by atoms with van der Waals surface area (Å²) in [5.41, 5.74) is -2.77. The van der Waals surface area contributed by atoms with Gasteiger partial charge in [0.2, 0.25) is 0 Å². The average molecular weight is 536 g/mol. The molecule has 2 N–H and O–H groups in total. The number of aliphatic hydroxyl groups excluding tert-OH is 1. The molecule has 0 spiro atoms. The predicted octanol–water partition coefficient (Wildman–Crippen LogP) is 5.98. The smallest absolute Gasteiger partial charge is 0.391 e. The summed E-state index contributed by atoms with van der Waals surface area (Å²) in [6.07, 6.45) is -3.62. The van der Waals surface area contributed by atoms with Gasteiger partial charge in [-0.05, 0) is 74.1 Å². The van der Waals surface area contributed by atoms with Gasteiger partial charge in [-0.1, -0.05) is 25.0 Å². The van der Waals surface area contributed by atoms with Gasteiger partial charge in [-0.2, -0.15) is 31.3 Å². The van der Waals surface area contributed by atoms with E-state index in [1.165, 1.54) is 0 Å². The molecule has 3 aliphatic rings. The monoisotopic (exact) mass is 535 g/mol. The van der Waals surface area contributed by atoms with Crippen molar-refractivity contribution in [2.75, 3.05) is 13.1 Å². The van der Waals surface area contributed by atoms with E-state index in [-0.39, 0.29) is 35.4 Å². The van der Waals surface area contributed by atoms with Crippen molar-refractivity contribution in [3.05, 3.63) is 45.9 Å². The number of aliphatic hydroxyl groups is 1. The molecule has 2 atom stereocenters. The second-order valence-corrected chi connectivity index (χ2v) is 10.4. The Morgan fingerprint density at radius 1 is 1.06 bits per heavy atom. The number of carbonyl (C=O) groups excluding carboxylic acids is 1. The van der Waals surface area contributed by atoms with Gasteiger partial charge in [0.1, 0.15) is 5.84 Å². The molecule has 1 aliphatic carbocycles. The van der Waals surface area contributed by atoms with Crippen LogP contribution in [0.25, 0.3) is 0 Å². The van der Waals surface area contributed by atoms with Gasteiger partial charge >= 0.3 is 17.6 Å². The summed E-state index contributed by atoms with van der Waals surface area (Å²) in [7, 11) is 0. The fourth-order valence-corrected chi connectivity index (χ4v) is 5.66. The number of hydrogen-bond acceptors (Lipinski definition) is 5. The number of amides is 1. The average Bonchev–Trinajstić information content (AvgIpc) is 3.14. The molecule has 198 valence electrons. The summed E-state index contributed by atoms with van der Waals surface area (Å²) in [4.78, 5) is 18.5. The van der Waals surface area contributed by atoms with Crippen LogP contribution in [0.4, 0.5) is 31.1 Å². The summed E-state index contributed by atoms with van der Waals surface area (Å²) < 4.78 is 79.2. The van der Waals surface area contributed by atoms with Crippen LogP contribution in [-0.4, -0.2) is 46.3 Å². The normalized spacial score (nSPS) is 25.9. The molecule has 1 amide bonds. The van der Waals surface area contributed by atoms with Crippen LogP contribution in [-0.2, 0) is 18.9 Å². The molecule has 0 bridgehead atoms. The lowest BCUT2D eigenvalue weighted by Crippen LogP contribution is -2.45. The topological polar surface area (TPSA) is 64.9 Å². The molecule has 2 fully saturated rings. The highest BCUT2D eigenvalue weighted by molar-refractivity contribution is 8.18. The van der Waals surface area contributed by atoms with Gasteiger partial charge in [-0.3, -0.25) is 9.69 Å². The SMILES string of the molecule is O=C1N=C(NC2CCCCC2O)C(=CC2CCN(Cc3ccc(C(F)(F)F)cc3C(F)(F)F)CC2)S1. The number of carbonyl (C=O) groups is 1. The zero-order valence-corrected chi connectivity index (χ0v) is 20.1. The highest BCUT2D eigenvalue weighted by atomic mass is 32.2. The van der Waals surface area contributed by atoms with Gasteiger partial charge in [0.15, 0.2) is 0 Å². The molecular formula is C24H27F6N3O2S. The molecule has 1 aromatic rings. The molecule has 2 unspecified atom stereocenters. The minimum Gasteiger partial charge on any atom is -0.391 e. The number of nitrogens with zero attached hydrogens (tertiary/aromatic N) is 2. The molecule has 0 aromatic heterocycles. The number of piperidine rings is 1. The third-order valence-electron chi connectivity index (χ3n) is 6.84. The van der Waals surface area contributed by atoms with Gasteiger partial charge in [0.05, 0.1) is 28.2 Å². The van der Waals surface area contributed by atoms with Crippen LogP contribution >= 0.6 is 11.8 Å². The van der Waals surface area contributed by atoms with Crippen molar-refractivity contribution < 1.29 is 36.2 Å². The lowest BCUT2D eigenvalue weighted by atomic mass is 9.92. The second-order valence-electron chi connectivity index (χ2n) is 9.44. The van der Waals surface area contributed by atoms with Crippen LogP contribution in [0.15, 0.2) is 34.2 Å². The second kappa shape index (κ2) is 10.7. The van der Waals surface area contributed by atoms with Gasteiger partial charge < -0.3 is 10.4 Å². The maximum atomic E-state index is 13.5. The first-order chi connectivity index (χ1) is 16.9. The van der Waals surface area contributed by atoms with E-state index in [2.05, 4.69) is 10.3 Å². The van der Waals surface area contributed by atoms with Crippen LogP contribution in [0.1, 0.15) is 55.2 Å². The molecule has 0 radical (unpaired) electrons. The maximum absolute atomic E-state index is 13.5. The van der Waals surface area contributed by atoms with Gasteiger partial charge in [-0.25, -0.2) is 0 Å². The standard InChI is InChI=1S/C24H27F6N3O2S/c25-23(26,27)16-6-5-15(17(12-16)24(28,29)30)13-33-9-7-14(8-10-33)11-20-21(32-22(35)36-20)31-18-3-1-2-4-19(18)34/h5-6,11-12,14,18-19,34H,1-4,7-10,13H2,(H,31,32,35). The van der Waals surface area contributed by atoms with E-state index in [9.17, 15) is 36.2 Å². The highest BCUT2D eigenvalue weighted by Gasteiger charge is 2.38. The van der Waals surface area contributed by atoms with Crippen LogP contribution in [0.3, 0.4) is 0 Å². The summed E-state index contributed by atoms with van der Waals surface area (Å²) in [6, 6.07) is 1.61. The Morgan fingerprint density at radius 3 is 2.39 bits per heavy atom. The van der Waals surface area contributed by atoms with E-state index >= 15 is 0 Å². The van der Waals surface area contributed by atoms with E-state index in [4.69, 9.17) is 0 Å². The van der Waals surface area contributed by atoms with Gasteiger partial charge in [0, 0.05) is 6.54 Å². The Balaban J connectivity index is 1.39. The molecule has 36 heavy (non-hydrogen) atoms. The third-order valence-corrected chi connectivity index (χ3v) is 7.66. The number of rotatable bonds is 4. The van der Waals surface area contributed by atoms with Crippen molar-refractivity contribution in [3.63, 3.8) is 0 Å². The van der Waals surface area contributed by atoms with E-state index in [0.717, 1.165) is 37.1 Å². The fourth-order valence-electron chi connectivity index (χ4n) is 4.87. The van der Waals surface area contributed by atoms with Gasteiger partial charge in [-0.15, -0.1) is 0 Å². The van der Waals surface area contributed by atoms with Gasteiger partial charge in [0.25, 0.3) is 0 Å². The summed E-state index contributed by atoms with van der Waals surface area (Å²) >= 11 is 1.01. The van der Waals surface area contributed by atoms with Crippen molar-refractivity contribution in [1.82, 2.24) is 10.2 Å². The summed E-state index contributed by atoms with van der Waals surface area (Å²) in [5, 5.41) is 13.1.